The molecule has 0 N–H and O–H groups in total. The van der Waals surface area contributed by atoms with E-state index in [0.29, 0.717) is 28.1 Å². The Labute approximate surface area is 207 Å². The fraction of sp³-hybridized carbons (Fsp3) is 0.179. The van der Waals surface area contributed by atoms with Gasteiger partial charge in [-0.05, 0) is 55.1 Å². The molecule has 6 nitrogen and oxygen atoms in total. The van der Waals surface area contributed by atoms with E-state index in [1.54, 1.807) is 52.4 Å². The van der Waals surface area contributed by atoms with Crippen molar-refractivity contribution in [3.8, 4) is 11.4 Å². The minimum Gasteiger partial charge on any atom is -0.425 e. The Balaban J connectivity index is 1.75. The van der Waals surface area contributed by atoms with Crippen LogP contribution in [-0.4, -0.2) is 27.4 Å². The molecule has 0 bridgehead atoms. The number of nitrogens with zero attached hydrogens (tertiary/aromatic N) is 2. The Morgan fingerprint density at radius 1 is 0.886 bits per heavy atom. The molecule has 0 spiro atoms. The molecule has 2 heterocycles. The molecule has 2 unspecified atom stereocenters. The molecule has 176 valence electrons. The van der Waals surface area contributed by atoms with Crippen LogP contribution in [0, 0.1) is 12.8 Å². The van der Waals surface area contributed by atoms with Gasteiger partial charge in [-0.25, -0.2) is 4.68 Å². The van der Waals surface area contributed by atoms with Crippen molar-refractivity contribution in [2.75, 3.05) is 6.26 Å². The first-order chi connectivity index (χ1) is 16.9. The van der Waals surface area contributed by atoms with Crippen LogP contribution >= 0.6 is 11.8 Å². The average Bonchev–Trinajstić information content (AvgIpc) is 3.10. The van der Waals surface area contributed by atoms with Crippen molar-refractivity contribution in [1.82, 2.24) is 9.36 Å². The summed E-state index contributed by atoms with van der Waals surface area (Å²) in [6, 6.07) is 23.7. The van der Waals surface area contributed by atoms with Gasteiger partial charge in [0.2, 0.25) is 0 Å². The van der Waals surface area contributed by atoms with Gasteiger partial charge in [-0.15, -0.1) is 11.8 Å². The van der Waals surface area contributed by atoms with Crippen LogP contribution in [0.25, 0.3) is 5.69 Å². The van der Waals surface area contributed by atoms with Crippen LogP contribution in [0.3, 0.4) is 0 Å². The van der Waals surface area contributed by atoms with Gasteiger partial charge in [0, 0.05) is 29.1 Å². The third-order valence-corrected chi connectivity index (χ3v) is 7.36. The van der Waals surface area contributed by atoms with Gasteiger partial charge in [0.25, 0.3) is 5.56 Å². The number of aromatic nitrogens is 2. The van der Waals surface area contributed by atoms with Gasteiger partial charge in [-0.2, -0.15) is 0 Å². The molecule has 1 aromatic heterocycles. The highest BCUT2D eigenvalue weighted by molar-refractivity contribution is 7.98. The number of thioether (sulfide) groups is 1. The molecule has 5 rings (SSSR count). The van der Waals surface area contributed by atoms with Crippen LogP contribution in [0.1, 0.15) is 33.1 Å². The molecule has 0 saturated carbocycles. The molecule has 0 aliphatic carbocycles. The number of Topliss-reactive ketones (excluding diaryl/α,β-unsaturated/α-hetero) is 1. The second kappa shape index (κ2) is 9.07. The van der Waals surface area contributed by atoms with Gasteiger partial charge < -0.3 is 4.74 Å². The molecular weight excluding hydrogens is 460 g/mol. The Morgan fingerprint density at radius 3 is 2.23 bits per heavy atom. The zero-order chi connectivity index (χ0) is 24.7. The Bertz CT molecular complexity index is 1490. The number of esters is 1. The molecule has 1 aliphatic rings. The molecule has 0 fully saturated rings. The lowest BCUT2D eigenvalue weighted by molar-refractivity contribution is -0.138. The maximum absolute atomic E-state index is 13.9. The lowest BCUT2D eigenvalue weighted by Gasteiger charge is -2.29. The molecule has 7 heteroatoms. The van der Waals surface area contributed by atoms with E-state index < -0.39 is 17.8 Å². The number of rotatable bonds is 5. The number of hydrogen-bond donors (Lipinski definition) is 0. The van der Waals surface area contributed by atoms with Gasteiger partial charge in [-0.3, -0.25) is 19.1 Å². The van der Waals surface area contributed by atoms with E-state index in [1.165, 1.54) is 0 Å². The van der Waals surface area contributed by atoms with Crippen molar-refractivity contribution in [2.24, 2.45) is 13.0 Å². The van der Waals surface area contributed by atoms with Gasteiger partial charge in [0.1, 0.15) is 11.7 Å². The maximum Gasteiger partial charge on any atom is 0.323 e. The number of para-hydroxylation sites is 2. The minimum absolute atomic E-state index is 0.252. The first-order valence-corrected chi connectivity index (χ1v) is 12.5. The van der Waals surface area contributed by atoms with E-state index >= 15 is 0 Å². The maximum atomic E-state index is 13.9. The summed E-state index contributed by atoms with van der Waals surface area (Å²) in [5.41, 5.74) is 2.58. The Kier molecular flexibility index (Phi) is 5.94. The van der Waals surface area contributed by atoms with Gasteiger partial charge >= 0.3 is 5.97 Å². The van der Waals surface area contributed by atoms with Crippen LogP contribution in [-0.2, 0) is 11.8 Å². The summed E-state index contributed by atoms with van der Waals surface area (Å²) >= 11 is 1.59. The lowest BCUT2D eigenvalue weighted by Crippen LogP contribution is -2.39. The van der Waals surface area contributed by atoms with Crippen molar-refractivity contribution in [3.05, 3.63) is 112 Å². The zero-order valence-corrected chi connectivity index (χ0v) is 20.4. The second-order valence-electron chi connectivity index (χ2n) is 8.49. The number of benzene rings is 3. The summed E-state index contributed by atoms with van der Waals surface area (Å²) in [6.07, 6.45) is 1.98. The predicted octanol–water partition coefficient (Wildman–Crippen LogP) is 4.76. The number of carbonyl (C=O) groups is 2. The normalized spacial score (nSPS) is 16.0. The lowest BCUT2D eigenvalue weighted by atomic mass is 9.76. The van der Waals surface area contributed by atoms with Crippen LogP contribution in [0.5, 0.6) is 5.75 Å². The minimum atomic E-state index is -1.18. The van der Waals surface area contributed by atoms with E-state index in [2.05, 4.69) is 0 Å². The summed E-state index contributed by atoms with van der Waals surface area (Å²) in [7, 11) is 1.80. The van der Waals surface area contributed by atoms with E-state index in [0.717, 1.165) is 4.90 Å². The number of fused-ring (bicyclic) bond motifs is 1. The highest BCUT2D eigenvalue weighted by Crippen LogP contribution is 2.40. The molecule has 35 heavy (non-hydrogen) atoms. The van der Waals surface area contributed by atoms with Crippen LogP contribution in [0.2, 0.25) is 0 Å². The zero-order valence-electron chi connectivity index (χ0n) is 19.6. The topological polar surface area (TPSA) is 70.3 Å². The van der Waals surface area contributed by atoms with E-state index in [4.69, 9.17) is 4.74 Å². The average molecular weight is 485 g/mol. The summed E-state index contributed by atoms with van der Waals surface area (Å²) < 4.78 is 8.94. The van der Waals surface area contributed by atoms with Gasteiger partial charge in [-0.1, -0.05) is 42.5 Å². The van der Waals surface area contributed by atoms with Crippen LogP contribution in [0.4, 0.5) is 0 Å². The molecule has 2 atom stereocenters. The molecule has 0 radical (unpaired) electrons. The predicted molar refractivity (Wildman–Crippen MR) is 136 cm³/mol. The van der Waals surface area contributed by atoms with Crippen molar-refractivity contribution in [3.63, 3.8) is 0 Å². The third-order valence-electron chi connectivity index (χ3n) is 6.62. The highest BCUT2D eigenvalue weighted by Gasteiger charge is 2.45. The monoisotopic (exact) mass is 484 g/mol. The quantitative estimate of drug-likeness (QED) is 0.177. The van der Waals surface area contributed by atoms with E-state index in [1.807, 2.05) is 67.8 Å². The Morgan fingerprint density at radius 2 is 1.54 bits per heavy atom. The second-order valence-corrected chi connectivity index (χ2v) is 9.36. The molecule has 0 saturated heterocycles. The van der Waals surface area contributed by atoms with Gasteiger partial charge in [0.05, 0.1) is 11.3 Å². The number of ketones is 1. The molecule has 4 aromatic rings. The summed E-state index contributed by atoms with van der Waals surface area (Å²) in [5.74, 6) is -2.72. The molecule has 0 amide bonds. The molecular formula is C28H24N2O4S. The highest BCUT2D eigenvalue weighted by atomic mass is 32.2. The molecule has 3 aromatic carbocycles. The molecule has 1 aliphatic heterocycles. The van der Waals surface area contributed by atoms with E-state index in [-0.39, 0.29) is 17.1 Å². The van der Waals surface area contributed by atoms with Crippen molar-refractivity contribution in [1.29, 1.82) is 0 Å². The summed E-state index contributed by atoms with van der Waals surface area (Å²) in [5, 5.41) is 0. The van der Waals surface area contributed by atoms with Gasteiger partial charge in [0.15, 0.2) is 5.78 Å². The standard InChI is InChI=1S/C28H24N2O4S/c1-17-23(27(32)30(29(17)2)19-9-5-4-6-10-19)24(18-13-15-20(35-3)16-14-18)25-26(31)21-11-7-8-12-22(21)34-28(25)33/h4-16,24-25H,1-3H3. The van der Waals surface area contributed by atoms with Crippen molar-refractivity contribution < 1.29 is 14.3 Å². The number of ether oxygens (including phenoxy) is 1. The SMILES string of the molecule is CSc1ccc(C(c2c(C)n(C)n(-c3ccccc3)c2=O)C2C(=O)Oc3ccccc3C2=O)cc1. The fourth-order valence-electron chi connectivity index (χ4n) is 4.78. The van der Waals surface area contributed by atoms with Crippen LogP contribution in [0.15, 0.2) is 88.6 Å². The summed E-state index contributed by atoms with van der Waals surface area (Å²) in [4.78, 5) is 42.0. The first-order valence-electron chi connectivity index (χ1n) is 11.2. The van der Waals surface area contributed by atoms with Crippen LogP contribution < -0.4 is 10.3 Å². The largest absolute Gasteiger partial charge is 0.425 e. The first kappa shape index (κ1) is 22.9. The van der Waals surface area contributed by atoms with Crippen molar-refractivity contribution in [2.45, 2.75) is 17.7 Å². The smallest absolute Gasteiger partial charge is 0.323 e. The number of hydrogen-bond acceptors (Lipinski definition) is 5. The third kappa shape index (κ3) is 3.82. The fourth-order valence-corrected chi connectivity index (χ4v) is 5.19. The van der Waals surface area contributed by atoms with E-state index in [9.17, 15) is 14.4 Å². The summed E-state index contributed by atoms with van der Waals surface area (Å²) in [6.45, 7) is 1.84. The van der Waals surface area contributed by atoms with Crippen molar-refractivity contribution >= 4 is 23.5 Å². The Hall–Kier alpha value is -3.84. The number of carbonyl (C=O) groups excluding carboxylic acids is 2.